The van der Waals surface area contributed by atoms with Gasteiger partial charge in [0.25, 0.3) is 0 Å². The van der Waals surface area contributed by atoms with Crippen molar-refractivity contribution in [3.8, 4) is 0 Å². The highest BCUT2D eigenvalue weighted by atomic mass is 32.2. The number of hydrogen-bond acceptors (Lipinski definition) is 3. The van der Waals surface area contributed by atoms with Crippen LogP contribution in [0.2, 0.25) is 0 Å². The number of hydrogen-bond donors (Lipinski definition) is 1. The van der Waals surface area contributed by atoms with Crippen molar-refractivity contribution in [3.63, 3.8) is 0 Å². The molecule has 0 aliphatic carbocycles. The quantitative estimate of drug-likeness (QED) is 0.742. The Balaban J connectivity index is 1.72. The van der Waals surface area contributed by atoms with Crippen LogP contribution in [-0.2, 0) is 20.6 Å². The molecule has 1 aliphatic rings. The summed E-state index contributed by atoms with van der Waals surface area (Å²) in [5.74, 6) is 0. The first-order valence-corrected chi connectivity index (χ1v) is 8.97. The summed E-state index contributed by atoms with van der Waals surface area (Å²) >= 11 is -1.84. The van der Waals surface area contributed by atoms with E-state index in [4.69, 9.17) is 9.47 Å². The Hall–Kier alpha value is -1.01. The van der Waals surface area contributed by atoms with Crippen LogP contribution in [0.25, 0.3) is 6.08 Å². The van der Waals surface area contributed by atoms with Gasteiger partial charge in [-0.1, -0.05) is 42.5 Å². The highest BCUT2D eigenvalue weighted by Crippen LogP contribution is 2.15. The minimum atomic E-state index is -1.84. The Morgan fingerprint density at radius 1 is 1.36 bits per heavy atom. The van der Waals surface area contributed by atoms with Crippen molar-refractivity contribution < 1.29 is 18.2 Å². The molecule has 1 aliphatic heterocycles. The summed E-state index contributed by atoms with van der Waals surface area (Å²) in [7, 11) is 0. The molecule has 22 heavy (non-hydrogen) atoms. The third kappa shape index (κ3) is 6.40. The zero-order valence-electron chi connectivity index (χ0n) is 12.7. The van der Waals surface area contributed by atoms with Crippen molar-refractivity contribution in [2.45, 2.75) is 43.6 Å². The summed E-state index contributed by atoms with van der Waals surface area (Å²) in [6.45, 7) is 1.21. The van der Waals surface area contributed by atoms with Crippen LogP contribution < -0.4 is 0 Å². The van der Waals surface area contributed by atoms with Crippen LogP contribution in [0.3, 0.4) is 0 Å². The molecule has 0 saturated carbocycles. The Bertz CT molecular complexity index is 469. The predicted octanol–water partition coefficient (Wildman–Crippen LogP) is 3.61. The Morgan fingerprint density at radius 2 is 2.18 bits per heavy atom. The smallest absolute Gasteiger partial charge is 0.157 e. The van der Waals surface area contributed by atoms with E-state index in [9.17, 15) is 8.76 Å². The molecule has 5 heteroatoms. The third-order valence-electron chi connectivity index (χ3n) is 3.68. The largest absolute Gasteiger partial charge is 0.353 e. The first-order chi connectivity index (χ1) is 10.8. The van der Waals surface area contributed by atoms with Crippen molar-refractivity contribution in [1.82, 2.24) is 0 Å². The second-order valence-electron chi connectivity index (χ2n) is 5.40. The second kappa shape index (κ2) is 9.90. The first kappa shape index (κ1) is 17.3. The van der Waals surface area contributed by atoms with Crippen LogP contribution >= 0.6 is 0 Å². The molecule has 3 atom stereocenters. The van der Waals surface area contributed by atoms with E-state index >= 15 is 0 Å². The molecule has 0 aromatic heterocycles. The molecule has 1 aromatic carbocycles. The van der Waals surface area contributed by atoms with Crippen molar-refractivity contribution in [2.75, 3.05) is 13.2 Å². The minimum absolute atomic E-state index is 0.138. The highest BCUT2D eigenvalue weighted by Gasteiger charge is 2.17. The summed E-state index contributed by atoms with van der Waals surface area (Å²) in [6, 6.07) is 9.92. The first-order valence-electron chi connectivity index (χ1n) is 7.80. The van der Waals surface area contributed by atoms with Gasteiger partial charge in [0.05, 0.1) is 11.9 Å². The van der Waals surface area contributed by atoms with Crippen LogP contribution in [0.5, 0.6) is 0 Å². The zero-order valence-corrected chi connectivity index (χ0v) is 13.5. The van der Waals surface area contributed by atoms with Crippen LogP contribution in [0.15, 0.2) is 36.4 Å². The molecule has 2 rings (SSSR count). The number of benzene rings is 1. The SMILES string of the molecule is O=S(O)C(CC=Cc1ccccc1)CCOC1CCCCO1. The summed E-state index contributed by atoms with van der Waals surface area (Å²) < 4.78 is 31.9. The fourth-order valence-electron chi connectivity index (χ4n) is 2.39. The maximum absolute atomic E-state index is 11.4. The number of allylic oxidation sites excluding steroid dienone is 1. The van der Waals surface area contributed by atoms with Gasteiger partial charge in [0, 0.05) is 6.61 Å². The zero-order chi connectivity index (χ0) is 15.6. The van der Waals surface area contributed by atoms with Crippen LogP contribution in [0.4, 0.5) is 0 Å². The van der Waals surface area contributed by atoms with E-state index in [0.29, 0.717) is 19.4 Å². The third-order valence-corrected chi connectivity index (χ3v) is 4.67. The lowest BCUT2D eigenvalue weighted by Crippen LogP contribution is -2.24. The summed E-state index contributed by atoms with van der Waals surface area (Å²) in [6.07, 6.45) is 8.04. The molecule has 0 amide bonds. The molecule has 0 bridgehead atoms. The fraction of sp³-hybridized carbons (Fsp3) is 0.529. The maximum atomic E-state index is 11.4. The summed E-state index contributed by atoms with van der Waals surface area (Å²) in [5.41, 5.74) is 1.09. The van der Waals surface area contributed by atoms with Crippen LogP contribution in [0.1, 0.15) is 37.7 Å². The standard InChI is InChI=1S/C17H24O4S/c18-22(19)16(10-6-9-15-7-2-1-3-8-15)12-14-21-17-11-4-5-13-20-17/h1-3,6-9,16-17H,4-5,10-14H2,(H,18,19). The average Bonchev–Trinajstić information content (AvgIpc) is 2.55. The minimum Gasteiger partial charge on any atom is -0.353 e. The molecule has 1 fully saturated rings. The van der Waals surface area contributed by atoms with E-state index in [1.165, 1.54) is 0 Å². The summed E-state index contributed by atoms with van der Waals surface area (Å²) in [4.78, 5) is 0. The molecule has 122 valence electrons. The fourth-order valence-corrected chi connectivity index (χ4v) is 2.97. The van der Waals surface area contributed by atoms with Crippen LogP contribution in [-0.4, -0.2) is 33.5 Å². The highest BCUT2D eigenvalue weighted by molar-refractivity contribution is 7.79. The Morgan fingerprint density at radius 3 is 2.86 bits per heavy atom. The second-order valence-corrected chi connectivity index (χ2v) is 6.62. The molecular formula is C17H24O4S. The number of ether oxygens (including phenoxy) is 2. The van der Waals surface area contributed by atoms with Crippen molar-refractivity contribution in [1.29, 1.82) is 0 Å². The summed E-state index contributed by atoms with van der Waals surface area (Å²) in [5, 5.41) is -0.302. The van der Waals surface area contributed by atoms with Crippen molar-refractivity contribution in [2.24, 2.45) is 0 Å². The molecule has 1 aromatic rings. The van der Waals surface area contributed by atoms with Gasteiger partial charge in [0.15, 0.2) is 17.4 Å². The van der Waals surface area contributed by atoms with Gasteiger partial charge in [0.2, 0.25) is 0 Å². The van der Waals surface area contributed by atoms with Crippen LogP contribution in [0, 0.1) is 0 Å². The molecule has 1 N–H and O–H groups in total. The number of rotatable bonds is 8. The molecular weight excluding hydrogens is 300 g/mol. The normalized spacial score (nSPS) is 21.8. The van der Waals surface area contributed by atoms with Gasteiger partial charge in [-0.3, -0.25) is 0 Å². The average molecular weight is 324 g/mol. The monoisotopic (exact) mass is 324 g/mol. The Kier molecular flexibility index (Phi) is 7.80. The van der Waals surface area contributed by atoms with Gasteiger partial charge in [-0.2, -0.15) is 0 Å². The van der Waals surface area contributed by atoms with Crippen molar-refractivity contribution in [3.05, 3.63) is 42.0 Å². The topological polar surface area (TPSA) is 55.8 Å². The van der Waals surface area contributed by atoms with Gasteiger partial charge in [0.1, 0.15) is 0 Å². The van der Waals surface area contributed by atoms with Crippen molar-refractivity contribution >= 4 is 17.2 Å². The molecule has 3 unspecified atom stereocenters. The van der Waals surface area contributed by atoms with Gasteiger partial charge < -0.3 is 14.0 Å². The van der Waals surface area contributed by atoms with E-state index in [-0.39, 0.29) is 11.5 Å². The van der Waals surface area contributed by atoms with E-state index in [2.05, 4.69) is 0 Å². The van der Waals surface area contributed by atoms with Gasteiger partial charge >= 0.3 is 0 Å². The van der Waals surface area contributed by atoms with E-state index in [1.54, 1.807) is 0 Å². The predicted molar refractivity (Wildman–Crippen MR) is 88.8 cm³/mol. The molecule has 0 spiro atoms. The lowest BCUT2D eigenvalue weighted by Gasteiger charge is -2.23. The molecule has 1 heterocycles. The molecule has 0 radical (unpaired) electrons. The molecule has 1 saturated heterocycles. The van der Waals surface area contributed by atoms with Gasteiger partial charge in [-0.15, -0.1) is 0 Å². The maximum Gasteiger partial charge on any atom is 0.157 e. The van der Waals surface area contributed by atoms with Gasteiger partial charge in [-0.25, -0.2) is 4.21 Å². The van der Waals surface area contributed by atoms with E-state index in [1.807, 2.05) is 42.5 Å². The lowest BCUT2D eigenvalue weighted by molar-refractivity contribution is -0.162. The van der Waals surface area contributed by atoms with E-state index in [0.717, 1.165) is 31.4 Å². The van der Waals surface area contributed by atoms with Gasteiger partial charge in [-0.05, 0) is 37.7 Å². The molecule has 4 nitrogen and oxygen atoms in total. The lowest BCUT2D eigenvalue weighted by atomic mass is 10.1. The van der Waals surface area contributed by atoms with E-state index < -0.39 is 11.1 Å². The Labute approximate surface area is 134 Å².